The summed E-state index contributed by atoms with van der Waals surface area (Å²) in [5, 5.41) is 0. The quantitative estimate of drug-likeness (QED) is 0.791. The number of nitrogens with one attached hydrogen (secondary N) is 2. The van der Waals surface area contributed by atoms with Crippen LogP contribution in [0.2, 0.25) is 0 Å². The van der Waals surface area contributed by atoms with Crippen molar-refractivity contribution in [1.82, 2.24) is 10.9 Å². The Hall–Kier alpha value is -2.26. The van der Waals surface area contributed by atoms with E-state index in [1.165, 1.54) is 23.5 Å². The first-order valence-corrected chi connectivity index (χ1v) is 10.1. The molecule has 25 heavy (non-hydrogen) atoms. The zero-order valence-electron chi connectivity index (χ0n) is 13.0. The standard InChI is InChI=1S/C16H15FN2O4S2/c17-12-3-1-10(2-4-12)13-5-6-14(24-13)16(21)19-18-15(20)11-7-8-25(22,23)9-11/h1-6,11H,7-9H2,(H,18,20)(H,19,21). The van der Waals surface area contributed by atoms with Gasteiger partial charge in [0.2, 0.25) is 5.91 Å². The number of thiophene rings is 1. The molecule has 132 valence electrons. The number of hydrazine groups is 1. The minimum Gasteiger partial charge on any atom is -0.273 e. The molecule has 2 N–H and O–H groups in total. The third-order valence-corrected chi connectivity index (χ3v) is 6.76. The molecular weight excluding hydrogens is 367 g/mol. The summed E-state index contributed by atoms with van der Waals surface area (Å²) in [5.41, 5.74) is 5.35. The second kappa shape index (κ2) is 6.93. The molecule has 1 aliphatic heterocycles. The van der Waals surface area contributed by atoms with E-state index < -0.39 is 27.6 Å². The van der Waals surface area contributed by atoms with Crippen LogP contribution >= 0.6 is 11.3 Å². The molecule has 9 heteroatoms. The Labute approximate surface area is 147 Å². The number of amides is 2. The van der Waals surface area contributed by atoms with Crippen molar-refractivity contribution in [2.75, 3.05) is 11.5 Å². The maximum atomic E-state index is 12.9. The molecule has 2 heterocycles. The topological polar surface area (TPSA) is 92.3 Å². The number of carbonyl (C=O) groups excluding carboxylic acids is 2. The Morgan fingerprint density at radius 2 is 1.80 bits per heavy atom. The van der Waals surface area contributed by atoms with E-state index in [0.717, 1.165) is 10.4 Å². The fourth-order valence-electron chi connectivity index (χ4n) is 2.51. The lowest BCUT2D eigenvalue weighted by Crippen LogP contribution is -2.44. The van der Waals surface area contributed by atoms with Crippen molar-refractivity contribution in [1.29, 1.82) is 0 Å². The van der Waals surface area contributed by atoms with E-state index in [-0.39, 0.29) is 23.7 Å². The average Bonchev–Trinajstić information content (AvgIpc) is 3.20. The van der Waals surface area contributed by atoms with E-state index in [4.69, 9.17) is 0 Å². The van der Waals surface area contributed by atoms with Crippen LogP contribution in [0, 0.1) is 11.7 Å². The summed E-state index contributed by atoms with van der Waals surface area (Å²) in [5.74, 6) is -2.18. The van der Waals surface area contributed by atoms with Crippen molar-refractivity contribution in [3.63, 3.8) is 0 Å². The van der Waals surface area contributed by atoms with Crippen LogP contribution in [-0.2, 0) is 14.6 Å². The Balaban J connectivity index is 1.59. The summed E-state index contributed by atoms with van der Waals surface area (Å²) in [7, 11) is -3.16. The predicted molar refractivity (Wildman–Crippen MR) is 92.1 cm³/mol. The van der Waals surface area contributed by atoms with Gasteiger partial charge in [0.25, 0.3) is 5.91 Å². The van der Waals surface area contributed by atoms with E-state index in [0.29, 0.717) is 4.88 Å². The maximum Gasteiger partial charge on any atom is 0.279 e. The van der Waals surface area contributed by atoms with Gasteiger partial charge >= 0.3 is 0 Å². The number of hydrogen-bond acceptors (Lipinski definition) is 5. The van der Waals surface area contributed by atoms with E-state index in [2.05, 4.69) is 10.9 Å². The molecule has 1 atom stereocenters. The Morgan fingerprint density at radius 1 is 1.08 bits per heavy atom. The van der Waals surface area contributed by atoms with Crippen molar-refractivity contribution in [2.24, 2.45) is 5.92 Å². The van der Waals surface area contributed by atoms with Gasteiger partial charge in [-0.05, 0) is 36.2 Å². The zero-order chi connectivity index (χ0) is 18.0. The second-order valence-electron chi connectivity index (χ2n) is 5.71. The van der Waals surface area contributed by atoms with Crippen LogP contribution in [0.4, 0.5) is 4.39 Å². The van der Waals surface area contributed by atoms with Gasteiger partial charge in [0.15, 0.2) is 9.84 Å². The first-order chi connectivity index (χ1) is 11.8. The smallest absolute Gasteiger partial charge is 0.273 e. The van der Waals surface area contributed by atoms with Crippen molar-refractivity contribution in [3.8, 4) is 10.4 Å². The van der Waals surface area contributed by atoms with Crippen LogP contribution in [0.25, 0.3) is 10.4 Å². The van der Waals surface area contributed by atoms with Gasteiger partial charge in [-0.2, -0.15) is 0 Å². The lowest BCUT2D eigenvalue weighted by atomic mass is 10.1. The van der Waals surface area contributed by atoms with Gasteiger partial charge < -0.3 is 0 Å². The highest BCUT2D eigenvalue weighted by molar-refractivity contribution is 7.91. The van der Waals surface area contributed by atoms with Crippen LogP contribution in [0.3, 0.4) is 0 Å². The second-order valence-corrected chi connectivity index (χ2v) is 9.03. The molecule has 0 radical (unpaired) electrons. The highest BCUT2D eigenvalue weighted by Gasteiger charge is 2.33. The van der Waals surface area contributed by atoms with Gasteiger partial charge in [0.05, 0.1) is 22.3 Å². The summed E-state index contributed by atoms with van der Waals surface area (Å²) in [6, 6.07) is 9.24. The fourth-order valence-corrected chi connectivity index (χ4v) is 5.16. The van der Waals surface area contributed by atoms with Gasteiger partial charge in [-0.25, -0.2) is 12.8 Å². The molecule has 3 rings (SSSR count). The lowest BCUT2D eigenvalue weighted by molar-refractivity contribution is -0.125. The first-order valence-electron chi connectivity index (χ1n) is 7.50. The molecule has 1 fully saturated rings. The number of hydrogen-bond donors (Lipinski definition) is 2. The number of benzene rings is 1. The van der Waals surface area contributed by atoms with Crippen LogP contribution in [0.5, 0.6) is 0 Å². The molecule has 1 saturated heterocycles. The molecular formula is C16H15FN2O4S2. The predicted octanol–water partition coefficient (Wildman–Crippen LogP) is 1.75. The molecule has 6 nitrogen and oxygen atoms in total. The normalized spacial score (nSPS) is 18.7. The minimum atomic E-state index is -3.16. The van der Waals surface area contributed by atoms with E-state index in [1.807, 2.05) is 0 Å². The van der Waals surface area contributed by atoms with Gasteiger partial charge in [0.1, 0.15) is 5.82 Å². The summed E-state index contributed by atoms with van der Waals surface area (Å²) < 4.78 is 35.7. The monoisotopic (exact) mass is 382 g/mol. The average molecular weight is 382 g/mol. The van der Waals surface area contributed by atoms with E-state index in [1.54, 1.807) is 24.3 Å². The van der Waals surface area contributed by atoms with Crippen molar-refractivity contribution in [3.05, 3.63) is 47.1 Å². The lowest BCUT2D eigenvalue weighted by Gasteiger charge is -2.09. The Morgan fingerprint density at radius 3 is 2.44 bits per heavy atom. The number of carbonyl (C=O) groups is 2. The summed E-state index contributed by atoms with van der Waals surface area (Å²) in [6.45, 7) is 0. The first kappa shape index (κ1) is 17.6. The third-order valence-electron chi connectivity index (χ3n) is 3.86. The molecule has 2 amide bonds. The van der Waals surface area contributed by atoms with Crippen LogP contribution < -0.4 is 10.9 Å². The van der Waals surface area contributed by atoms with Gasteiger partial charge in [0, 0.05) is 4.88 Å². The summed E-state index contributed by atoms with van der Waals surface area (Å²) in [6.07, 6.45) is 0.262. The van der Waals surface area contributed by atoms with Crippen molar-refractivity contribution < 1.29 is 22.4 Å². The van der Waals surface area contributed by atoms with Crippen molar-refractivity contribution in [2.45, 2.75) is 6.42 Å². The van der Waals surface area contributed by atoms with Crippen LogP contribution in [0.1, 0.15) is 16.1 Å². The van der Waals surface area contributed by atoms with Crippen LogP contribution in [-0.4, -0.2) is 31.7 Å². The molecule has 0 saturated carbocycles. The molecule has 2 aromatic rings. The van der Waals surface area contributed by atoms with Gasteiger partial charge in [-0.1, -0.05) is 12.1 Å². The minimum absolute atomic E-state index is 0.00894. The molecule has 1 aromatic heterocycles. The third kappa shape index (κ3) is 4.23. The molecule has 1 unspecified atom stereocenters. The molecule has 0 spiro atoms. The largest absolute Gasteiger partial charge is 0.279 e. The maximum absolute atomic E-state index is 12.9. The highest BCUT2D eigenvalue weighted by atomic mass is 32.2. The zero-order valence-corrected chi connectivity index (χ0v) is 14.6. The summed E-state index contributed by atoms with van der Waals surface area (Å²) >= 11 is 1.20. The SMILES string of the molecule is O=C(NNC(=O)C1CCS(=O)(=O)C1)c1ccc(-c2ccc(F)cc2)s1. The number of halogens is 1. The number of rotatable bonds is 3. The van der Waals surface area contributed by atoms with E-state index >= 15 is 0 Å². The molecule has 0 aliphatic carbocycles. The molecule has 1 aliphatic rings. The number of sulfone groups is 1. The molecule has 0 bridgehead atoms. The Kier molecular flexibility index (Phi) is 4.87. The Bertz CT molecular complexity index is 906. The fraction of sp³-hybridized carbons (Fsp3) is 0.250. The van der Waals surface area contributed by atoms with Crippen molar-refractivity contribution >= 4 is 33.0 Å². The highest BCUT2D eigenvalue weighted by Crippen LogP contribution is 2.28. The summed E-state index contributed by atoms with van der Waals surface area (Å²) in [4.78, 5) is 25.2. The van der Waals surface area contributed by atoms with Gasteiger partial charge in [-0.3, -0.25) is 20.4 Å². The molecule has 1 aromatic carbocycles. The van der Waals surface area contributed by atoms with Gasteiger partial charge in [-0.15, -0.1) is 11.3 Å². The van der Waals surface area contributed by atoms with Crippen LogP contribution in [0.15, 0.2) is 36.4 Å². The van der Waals surface area contributed by atoms with E-state index in [9.17, 15) is 22.4 Å².